The molecule has 2 nitrogen and oxygen atoms in total. The van der Waals surface area contributed by atoms with E-state index in [4.69, 9.17) is 0 Å². The van der Waals surface area contributed by atoms with E-state index in [9.17, 15) is 8.78 Å². The van der Waals surface area contributed by atoms with Gasteiger partial charge in [-0.05, 0) is 24.3 Å². The van der Waals surface area contributed by atoms with Crippen LogP contribution in [0.2, 0.25) is 0 Å². The smallest absolute Gasteiger partial charge is 0.142 e. The highest BCUT2D eigenvalue weighted by molar-refractivity contribution is 6.84. The Labute approximate surface area is 123 Å². The van der Waals surface area contributed by atoms with Crippen LogP contribution in [0.3, 0.4) is 0 Å². The third-order valence-corrected chi connectivity index (χ3v) is 6.03. The number of rotatable bonds is 4. The number of halogens is 2. The maximum Gasteiger partial charge on any atom is 0.142 e. The predicted octanol–water partition coefficient (Wildman–Crippen LogP) is 2.01. The van der Waals surface area contributed by atoms with Gasteiger partial charge in [0.2, 0.25) is 0 Å². The molecule has 0 aliphatic carbocycles. The molecule has 1 aromatic heterocycles. The van der Waals surface area contributed by atoms with Gasteiger partial charge >= 0.3 is 0 Å². The largest absolute Gasteiger partial charge is 0.340 e. The van der Waals surface area contributed by atoms with Crippen LogP contribution in [0.25, 0.3) is 0 Å². The quantitative estimate of drug-likeness (QED) is 0.674. The summed E-state index contributed by atoms with van der Waals surface area (Å²) in [5.41, 5.74) is 0. The fourth-order valence-corrected chi connectivity index (χ4v) is 4.60. The second-order valence-corrected chi connectivity index (χ2v) is 7.16. The van der Waals surface area contributed by atoms with Gasteiger partial charge in [-0.2, -0.15) is 0 Å². The van der Waals surface area contributed by atoms with Crippen molar-refractivity contribution in [3.8, 4) is 0 Å². The summed E-state index contributed by atoms with van der Waals surface area (Å²) in [4.78, 5) is 4.05. The van der Waals surface area contributed by atoms with Crippen LogP contribution in [0.5, 0.6) is 0 Å². The van der Waals surface area contributed by atoms with Crippen LogP contribution in [-0.2, 0) is 6.17 Å². The Morgan fingerprint density at radius 1 is 0.857 bits per heavy atom. The van der Waals surface area contributed by atoms with Crippen LogP contribution in [-0.4, -0.2) is 18.3 Å². The first-order valence-electron chi connectivity index (χ1n) is 6.56. The number of imidazole rings is 1. The first-order valence-corrected chi connectivity index (χ1v) is 8.26. The third kappa shape index (κ3) is 3.25. The van der Waals surface area contributed by atoms with Gasteiger partial charge in [0, 0.05) is 18.6 Å². The van der Waals surface area contributed by atoms with Crippen molar-refractivity contribution in [2.24, 2.45) is 0 Å². The molecule has 0 amide bonds. The van der Waals surface area contributed by atoms with Gasteiger partial charge in [-0.3, -0.25) is 0 Å². The van der Waals surface area contributed by atoms with E-state index < -0.39 is 8.80 Å². The molecule has 0 fully saturated rings. The molecule has 0 unspecified atom stereocenters. The minimum atomic E-state index is -1.17. The normalized spacial score (nSPS) is 11.0. The van der Waals surface area contributed by atoms with E-state index in [0.717, 1.165) is 16.5 Å². The average molecular weight is 299 g/mol. The molecule has 1 heterocycles. The van der Waals surface area contributed by atoms with E-state index in [2.05, 4.69) is 4.98 Å². The molecular weight excluding hydrogens is 286 g/mol. The van der Waals surface area contributed by atoms with E-state index >= 15 is 0 Å². The summed E-state index contributed by atoms with van der Waals surface area (Å²) in [6, 6.07) is 13.1. The van der Waals surface area contributed by atoms with E-state index in [-0.39, 0.29) is 11.6 Å². The van der Waals surface area contributed by atoms with E-state index in [1.807, 2.05) is 35.0 Å². The van der Waals surface area contributed by atoms with Crippen molar-refractivity contribution in [1.82, 2.24) is 9.55 Å². The highest BCUT2D eigenvalue weighted by Crippen LogP contribution is 2.01. The van der Waals surface area contributed by atoms with Gasteiger partial charge in [-0.1, -0.05) is 34.6 Å². The van der Waals surface area contributed by atoms with E-state index in [1.54, 1.807) is 12.5 Å². The minimum absolute atomic E-state index is 0.248. The summed E-state index contributed by atoms with van der Waals surface area (Å²) in [5.74, 6) is -0.497. The van der Waals surface area contributed by atoms with Crippen molar-refractivity contribution in [2.75, 3.05) is 0 Å². The highest BCUT2D eigenvalue weighted by Gasteiger charge is 2.18. The van der Waals surface area contributed by atoms with Crippen molar-refractivity contribution in [1.29, 1.82) is 0 Å². The van der Waals surface area contributed by atoms with Crippen LogP contribution in [0, 0.1) is 11.6 Å². The third-order valence-electron chi connectivity index (χ3n) is 3.29. The minimum Gasteiger partial charge on any atom is -0.340 e. The van der Waals surface area contributed by atoms with Crippen LogP contribution in [0.4, 0.5) is 8.78 Å². The Morgan fingerprint density at radius 2 is 1.38 bits per heavy atom. The molecule has 1 radical (unpaired) electrons. The van der Waals surface area contributed by atoms with Gasteiger partial charge < -0.3 is 4.57 Å². The Morgan fingerprint density at radius 3 is 1.81 bits per heavy atom. The molecule has 0 spiro atoms. The SMILES string of the molecule is Fc1ccc([Si](Cn2ccnc2)c2ccc(F)cc2)cc1. The van der Waals surface area contributed by atoms with Crippen LogP contribution in [0.15, 0.2) is 67.3 Å². The first-order chi connectivity index (χ1) is 10.2. The number of hydrogen-bond acceptors (Lipinski definition) is 1. The molecule has 0 atom stereocenters. The topological polar surface area (TPSA) is 17.8 Å². The van der Waals surface area contributed by atoms with E-state index in [1.165, 1.54) is 24.3 Å². The summed E-state index contributed by atoms with van der Waals surface area (Å²) < 4.78 is 28.3. The second kappa shape index (κ2) is 6.01. The number of hydrogen-bond donors (Lipinski definition) is 0. The number of benzene rings is 2. The Kier molecular flexibility index (Phi) is 3.92. The van der Waals surface area contributed by atoms with Gasteiger partial charge in [-0.25, -0.2) is 13.8 Å². The zero-order chi connectivity index (χ0) is 14.7. The lowest BCUT2D eigenvalue weighted by molar-refractivity contribution is 0.628. The summed E-state index contributed by atoms with van der Waals surface area (Å²) in [6.07, 6.45) is 6.16. The fraction of sp³-hybridized carbons (Fsp3) is 0.0625. The summed E-state index contributed by atoms with van der Waals surface area (Å²) >= 11 is 0. The molecule has 3 rings (SSSR count). The molecule has 2 aromatic carbocycles. The molecule has 21 heavy (non-hydrogen) atoms. The number of aromatic nitrogens is 2. The molecular formula is C16H13F2N2Si. The van der Waals surface area contributed by atoms with Gasteiger partial charge in [-0.15, -0.1) is 0 Å². The molecule has 0 aliphatic rings. The van der Waals surface area contributed by atoms with Crippen molar-refractivity contribution in [3.05, 3.63) is 78.9 Å². The molecule has 105 valence electrons. The Hall–Kier alpha value is -2.27. The van der Waals surface area contributed by atoms with Crippen molar-refractivity contribution in [3.63, 3.8) is 0 Å². The second-order valence-electron chi connectivity index (χ2n) is 4.73. The van der Waals surface area contributed by atoms with Gasteiger partial charge in [0.05, 0.1) is 6.33 Å². The van der Waals surface area contributed by atoms with Crippen molar-refractivity contribution < 1.29 is 8.78 Å². The average Bonchev–Trinajstić information content (AvgIpc) is 3.00. The predicted molar refractivity (Wildman–Crippen MR) is 80.0 cm³/mol. The molecule has 0 saturated heterocycles. The maximum atomic E-state index is 13.1. The lowest BCUT2D eigenvalue weighted by Gasteiger charge is -2.16. The van der Waals surface area contributed by atoms with Gasteiger partial charge in [0.1, 0.15) is 20.4 Å². The molecule has 0 saturated carbocycles. The molecule has 0 bridgehead atoms. The monoisotopic (exact) mass is 299 g/mol. The van der Waals surface area contributed by atoms with Crippen molar-refractivity contribution >= 4 is 19.2 Å². The first kappa shape index (κ1) is 13.7. The zero-order valence-electron chi connectivity index (χ0n) is 11.2. The zero-order valence-corrected chi connectivity index (χ0v) is 12.2. The molecule has 3 aromatic rings. The maximum absolute atomic E-state index is 13.1. The molecule has 0 N–H and O–H groups in total. The lowest BCUT2D eigenvalue weighted by Crippen LogP contribution is -2.45. The summed E-state index contributed by atoms with van der Waals surface area (Å²) in [5, 5.41) is 2.17. The summed E-state index contributed by atoms with van der Waals surface area (Å²) in [6.45, 7) is 0. The lowest BCUT2D eigenvalue weighted by atomic mass is 10.3. The van der Waals surface area contributed by atoms with Crippen LogP contribution in [0.1, 0.15) is 0 Å². The molecule has 5 heteroatoms. The van der Waals surface area contributed by atoms with Gasteiger partial charge in [0.25, 0.3) is 0 Å². The Balaban J connectivity index is 1.97. The molecule has 0 aliphatic heterocycles. The van der Waals surface area contributed by atoms with Crippen LogP contribution < -0.4 is 10.4 Å². The van der Waals surface area contributed by atoms with Crippen LogP contribution >= 0.6 is 0 Å². The fourth-order valence-electron chi connectivity index (χ4n) is 2.21. The standard InChI is InChI=1S/C16H13F2N2Si/c17-13-1-5-15(6-2-13)21(12-20-10-9-19-11-20)16-7-3-14(18)4-8-16/h1-11H,12H2. The summed E-state index contributed by atoms with van der Waals surface area (Å²) in [7, 11) is -1.17. The number of nitrogens with zero attached hydrogens (tertiary/aromatic N) is 2. The van der Waals surface area contributed by atoms with Gasteiger partial charge in [0.15, 0.2) is 0 Å². The highest BCUT2D eigenvalue weighted by atomic mass is 28.3. The van der Waals surface area contributed by atoms with E-state index in [0.29, 0.717) is 0 Å². The Bertz CT molecular complexity index is 649. The van der Waals surface area contributed by atoms with Crippen molar-refractivity contribution in [2.45, 2.75) is 6.17 Å².